The summed E-state index contributed by atoms with van der Waals surface area (Å²) in [6, 6.07) is 1.07. The maximum atomic E-state index is 12.6. The third-order valence-electron chi connectivity index (χ3n) is 4.63. The zero-order chi connectivity index (χ0) is 17.0. The van der Waals surface area contributed by atoms with Gasteiger partial charge in [0.05, 0.1) is 6.61 Å². The van der Waals surface area contributed by atoms with Crippen molar-refractivity contribution >= 4 is 20.0 Å². The summed E-state index contributed by atoms with van der Waals surface area (Å²) >= 11 is 0. The molecule has 0 aromatic rings. The van der Waals surface area contributed by atoms with Gasteiger partial charge >= 0.3 is 6.09 Å². The van der Waals surface area contributed by atoms with Gasteiger partial charge in [0.15, 0.2) is 5.78 Å². The number of carbonyl (C=O) groups excluding carboxylic acids is 2. The van der Waals surface area contributed by atoms with Crippen LogP contribution in [0.1, 0.15) is 19.3 Å². The molecule has 4 nitrogen and oxygen atoms in total. The van der Waals surface area contributed by atoms with E-state index in [0.717, 1.165) is 18.9 Å². The first-order valence-electron chi connectivity index (χ1n) is 8.57. The van der Waals surface area contributed by atoms with Crippen LogP contribution in [-0.2, 0) is 9.53 Å². The Morgan fingerprint density at radius 1 is 1.48 bits per heavy atom. The Balaban J connectivity index is 2.03. The number of fused-ring (bicyclic) bond motifs is 1. The van der Waals surface area contributed by atoms with Crippen LogP contribution in [0.4, 0.5) is 4.79 Å². The second-order valence-corrected chi connectivity index (χ2v) is 13.5. The molecular weight excluding hydrogens is 306 g/mol. The van der Waals surface area contributed by atoms with Crippen LogP contribution in [0.25, 0.3) is 0 Å². The highest BCUT2D eigenvalue weighted by Crippen LogP contribution is 2.46. The first-order valence-corrected chi connectivity index (χ1v) is 12.3. The van der Waals surface area contributed by atoms with Crippen LogP contribution in [0.15, 0.2) is 24.8 Å². The van der Waals surface area contributed by atoms with Crippen LogP contribution in [0, 0.1) is 11.8 Å². The van der Waals surface area contributed by atoms with Crippen LogP contribution >= 0.6 is 0 Å². The van der Waals surface area contributed by atoms with E-state index in [9.17, 15) is 9.59 Å². The Morgan fingerprint density at radius 2 is 2.22 bits per heavy atom. The molecule has 2 rings (SSSR count). The van der Waals surface area contributed by atoms with Gasteiger partial charge in [-0.05, 0) is 36.8 Å². The standard InChI is InChI=1S/C18H29NO3Si/c1-5-6-17-16-13-14(16)7-8-15(20)9-10-19(17)18(21)22-11-12-23(2,3)4/h5,7-8,14,16-17H,1,6,9-13H2,2-4H3/b8-7+/t14-,16+,17-/m0/s1. The van der Waals surface area contributed by atoms with Gasteiger partial charge < -0.3 is 9.64 Å². The highest BCUT2D eigenvalue weighted by atomic mass is 28.3. The minimum Gasteiger partial charge on any atom is -0.450 e. The lowest BCUT2D eigenvalue weighted by Crippen LogP contribution is -2.43. The summed E-state index contributed by atoms with van der Waals surface area (Å²) in [4.78, 5) is 26.2. The molecule has 23 heavy (non-hydrogen) atoms. The number of nitrogens with zero attached hydrogens (tertiary/aromatic N) is 1. The summed E-state index contributed by atoms with van der Waals surface area (Å²) < 4.78 is 5.53. The van der Waals surface area contributed by atoms with Crippen molar-refractivity contribution in [3.63, 3.8) is 0 Å². The van der Waals surface area contributed by atoms with Gasteiger partial charge in [0.1, 0.15) is 0 Å². The third-order valence-corrected chi connectivity index (χ3v) is 6.34. The second kappa shape index (κ2) is 7.47. The van der Waals surface area contributed by atoms with E-state index < -0.39 is 8.07 Å². The van der Waals surface area contributed by atoms with Gasteiger partial charge in [0, 0.05) is 27.1 Å². The Labute approximate surface area is 140 Å². The average molecular weight is 336 g/mol. The number of ketones is 1. The maximum absolute atomic E-state index is 12.6. The molecule has 0 saturated heterocycles. The topological polar surface area (TPSA) is 46.6 Å². The van der Waals surface area contributed by atoms with Crippen molar-refractivity contribution in [2.75, 3.05) is 13.2 Å². The third kappa shape index (κ3) is 5.34. The molecule has 0 aromatic heterocycles. The monoisotopic (exact) mass is 335 g/mol. The molecule has 1 saturated carbocycles. The summed E-state index contributed by atoms with van der Waals surface area (Å²) in [6.07, 6.45) is 7.47. The van der Waals surface area contributed by atoms with Gasteiger partial charge in [-0.15, -0.1) is 6.58 Å². The Bertz CT molecular complexity index is 495. The summed E-state index contributed by atoms with van der Waals surface area (Å²) in [5.74, 6) is 0.939. The van der Waals surface area contributed by atoms with E-state index in [4.69, 9.17) is 4.74 Å². The quantitative estimate of drug-likeness (QED) is 0.566. The number of allylic oxidation sites excluding steroid dienone is 2. The highest BCUT2D eigenvalue weighted by Gasteiger charge is 2.45. The van der Waals surface area contributed by atoms with Gasteiger partial charge in [-0.3, -0.25) is 4.79 Å². The van der Waals surface area contributed by atoms with Crippen LogP contribution in [0.2, 0.25) is 25.7 Å². The van der Waals surface area contributed by atoms with Gasteiger partial charge in [-0.1, -0.05) is 31.8 Å². The van der Waals surface area contributed by atoms with Crippen LogP contribution in [0.5, 0.6) is 0 Å². The highest BCUT2D eigenvalue weighted by molar-refractivity contribution is 6.76. The Kier molecular flexibility index (Phi) is 5.84. The lowest BCUT2D eigenvalue weighted by molar-refractivity contribution is -0.114. The molecule has 0 N–H and O–H groups in total. The zero-order valence-corrected chi connectivity index (χ0v) is 15.6. The molecule has 128 valence electrons. The van der Waals surface area contributed by atoms with Gasteiger partial charge in [0.2, 0.25) is 0 Å². The number of hydrogen-bond acceptors (Lipinski definition) is 3. The Hall–Kier alpha value is -1.36. The van der Waals surface area contributed by atoms with Gasteiger partial charge in [-0.2, -0.15) is 0 Å². The summed E-state index contributed by atoms with van der Waals surface area (Å²) in [5, 5.41) is 0. The maximum Gasteiger partial charge on any atom is 0.410 e. The van der Waals surface area contributed by atoms with Crippen molar-refractivity contribution in [2.24, 2.45) is 11.8 Å². The minimum absolute atomic E-state index is 0.0924. The van der Waals surface area contributed by atoms with Crippen molar-refractivity contribution in [1.82, 2.24) is 4.90 Å². The molecule has 3 atom stereocenters. The lowest BCUT2D eigenvalue weighted by Gasteiger charge is -2.31. The summed E-state index contributed by atoms with van der Waals surface area (Å²) in [6.45, 7) is 11.5. The van der Waals surface area contributed by atoms with Gasteiger partial charge in [-0.25, -0.2) is 4.79 Å². The molecule has 0 radical (unpaired) electrons. The van der Waals surface area contributed by atoms with Crippen LogP contribution in [0.3, 0.4) is 0 Å². The minimum atomic E-state index is -1.22. The van der Waals surface area contributed by atoms with E-state index >= 15 is 0 Å². The number of carbonyl (C=O) groups is 2. The molecule has 1 fully saturated rings. The number of ether oxygens (including phenoxy) is 1. The number of hydrogen-bond donors (Lipinski definition) is 0. The largest absolute Gasteiger partial charge is 0.450 e. The van der Waals surface area contributed by atoms with Crippen molar-refractivity contribution in [2.45, 2.75) is 51.0 Å². The molecule has 0 bridgehead atoms. The van der Waals surface area contributed by atoms with Crippen molar-refractivity contribution in [1.29, 1.82) is 0 Å². The summed E-state index contributed by atoms with van der Waals surface area (Å²) in [5.41, 5.74) is 0. The predicted molar refractivity (Wildman–Crippen MR) is 95.2 cm³/mol. The average Bonchev–Trinajstić information content (AvgIpc) is 3.21. The first kappa shape index (κ1) is 18.0. The lowest BCUT2D eigenvalue weighted by atomic mass is 10.1. The van der Waals surface area contributed by atoms with E-state index in [2.05, 4.69) is 26.2 Å². The summed E-state index contributed by atoms with van der Waals surface area (Å²) in [7, 11) is -1.22. The number of rotatable bonds is 5. The molecule has 1 heterocycles. The predicted octanol–water partition coefficient (Wildman–Crippen LogP) is 3.87. The molecule has 0 aromatic carbocycles. The van der Waals surface area contributed by atoms with E-state index in [1.54, 1.807) is 11.0 Å². The normalized spacial score (nSPS) is 28.9. The number of amides is 1. The van der Waals surface area contributed by atoms with E-state index in [1.165, 1.54) is 0 Å². The molecule has 1 aliphatic heterocycles. The smallest absolute Gasteiger partial charge is 0.410 e. The first-order chi connectivity index (χ1) is 10.8. The molecule has 2 aliphatic rings. The fourth-order valence-electron chi connectivity index (χ4n) is 3.07. The zero-order valence-electron chi connectivity index (χ0n) is 14.6. The molecule has 5 heteroatoms. The molecule has 1 amide bonds. The molecular formula is C18H29NO3Si. The molecule has 0 spiro atoms. The molecule has 1 aliphatic carbocycles. The molecule has 0 unspecified atom stereocenters. The Morgan fingerprint density at radius 3 is 2.87 bits per heavy atom. The fraction of sp³-hybridized carbons (Fsp3) is 0.667. The van der Waals surface area contributed by atoms with E-state index in [0.29, 0.717) is 31.4 Å². The van der Waals surface area contributed by atoms with Crippen molar-refractivity contribution < 1.29 is 14.3 Å². The van der Waals surface area contributed by atoms with Crippen molar-refractivity contribution in [3.05, 3.63) is 24.8 Å². The fourth-order valence-corrected chi connectivity index (χ4v) is 3.78. The SMILES string of the molecule is C=CC[C@H]1[C@@H]2C[C@@H]2/C=C/C(=O)CCN1C(=O)OCC[Si](C)(C)C. The van der Waals surface area contributed by atoms with Gasteiger partial charge in [0.25, 0.3) is 0 Å². The van der Waals surface area contributed by atoms with E-state index in [-0.39, 0.29) is 17.9 Å². The van der Waals surface area contributed by atoms with Crippen LogP contribution < -0.4 is 0 Å². The second-order valence-electron chi connectivity index (χ2n) is 7.85. The van der Waals surface area contributed by atoms with E-state index in [1.807, 2.05) is 12.2 Å². The van der Waals surface area contributed by atoms with Crippen LogP contribution in [-0.4, -0.2) is 44.0 Å². The van der Waals surface area contributed by atoms with Crippen molar-refractivity contribution in [3.8, 4) is 0 Å².